The van der Waals surface area contributed by atoms with Crippen LogP contribution in [0.1, 0.15) is 101 Å². The maximum absolute atomic E-state index is 2.43. The van der Waals surface area contributed by atoms with E-state index in [4.69, 9.17) is 0 Å². The summed E-state index contributed by atoms with van der Waals surface area (Å²) in [7, 11) is 4.40. The van der Waals surface area contributed by atoms with Gasteiger partial charge in [-0.2, -0.15) is 4.68 Å². The van der Waals surface area contributed by atoms with Crippen molar-refractivity contribution in [1.29, 1.82) is 0 Å². The molecule has 0 saturated carbocycles. The Kier molecular flexibility index (Phi) is 6.79. The van der Waals surface area contributed by atoms with Crippen LogP contribution in [0.2, 0.25) is 0 Å². The smallest absolute Gasteiger partial charge is 0.156 e. The van der Waals surface area contributed by atoms with Crippen molar-refractivity contribution in [2.45, 2.75) is 79.1 Å². The van der Waals surface area contributed by atoms with Gasteiger partial charge in [-0.1, -0.05) is 91.8 Å². The Morgan fingerprint density at radius 3 is 1.32 bits per heavy atom. The maximum atomic E-state index is 2.43. The van der Waals surface area contributed by atoms with Crippen molar-refractivity contribution in [2.75, 3.05) is 0 Å². The fraction of sp³-hybridized carbons (Fsp3) is 0.483. The van der Waals surface area contributed by atoms with Gasteiger partial charge in [0.1, 0.15) is 5.69 Å². The molecule has 3 aromatic rings. The van der Waals surface area contributed by atoms with Gasteiger partial charge in [-0.15, -0.1) is 4.68 Å². The topological polar surface area (TPSA) is 8.81 Å². The normalized spacial score (nSPS) is 12.1. The van der Waals surface area contributed by atoms with E-state index in [9.17, 15) is 0 Å². The third-order valence-corrected chi connectivity index (χ3v) is 6.68. The molecule has 2 nitrogen and oxygen atoms in total. The van der Waals surface area contributed by atoms with E-state index < -0.39 is 0 Å². The third-order valence-electron chi connectivity index (χ3n) is 6.68. The van der Waals surface area contributed by atoms with Gasteiger partial charge in [0.15, 0.2) is 7.05 Å². The van der Waals surface area contributed by atoms with E-state index in [0.717, 1.165) is 0 Å². The molecular weight excluding hydrogens is 376 g/mol. The van der Waals surface area contributed by atoms with Crippen LogP contribution in [0, 0.1) is 0 Å². The maximum Gasteiger partial charge on any atom is 0.239 e. The van der Waals surface area contributed by atoms with Crippen LogP contribution in [-0.2, 0) is 14.1 Å². The van der Waals surface area contributed by atoms with Crippen LogP contribution in [0.15, 0.2) is 42.5 Å². The molecule has 0 N–H and O–H groups in total. The Hall–Kier alpha value is -2.35. The number of aromatic nitrogens is 2. The quantitative estimate of drug-likeness (QED) is 0.364. The van der Waals surface area contributed by atoms with Gasteiger partial charge in [0.05, 0.1) is 12.6 Å². The predicted molar refractivity (Wildman–Crippen MR) is 134 cm³/mol. The van der Waals surface area contributed by atoms with Crippen molar-refractivity contribution >= 4 is 0 Å². The second-order valence-electron chi connectivity index (χ2n) is 10.2. The minimum atomic E-state index is 0.478. The molecule has 0 spiro atoms. The molecule has 0 aliphatic heterocycles. The molecule has 0 bridgehead atoms. The summed E-state index contributed by atoms with van der Waals surface area (Å²) in [6, 6.07) is 16.1. The number of nitrogens with zero attached hydrogens (tertiary/aromatic N) is 2. The summed E-state index contributed by atoms with van der Waals surface area (Å²) in [6.45, 7) is 18.4. The summed E-state index contributed by atoms with van der Waals surface area (Å²) in [5, 5.41) is 0. The van der Waals surface area contributed by atoms with E-state index in [1.165, 1.54) is 44.8 Å². The molecule has 3 rings (SSSR count). The van der Waals surface area contributed by atoms with Gasteiger partial charge in [0.25, 0.3) is 0 Å². The molecule has 2 aromatic carbocycles. The van der Waals surface area contributed by atoms with Crippen LogP contribution in [0.3, 0.4) is 0 Å². The highest BCUT2D eigenvalue weighted by molar-refractivity contribution is 5.75. The van der Waals surface area contributed by atoms with Crippen molar-refractivity contribution < 1.29 is 4.68 Å². The molecule has 0 saturated heterocycles. The zero-order valence-corrected chi connectivity index (χ0v) is 21.2. The Morgan fingerprint density at radius 1 is 0.613 bits per heavy atom. The predicted octanol–water partition coefficient (Wildman–Crippen LogP) is 7.68. The molecular formula is C29H41N2+. The SMILES string of the molecule is CC(C)c1cccc(C(C)C)c1-c1cc(-c2c(C(C)C)cccc2C(C)C)[n+](C)n1C. The van der Waals surface area contributed by atoms with Crippen LogP contribution in [0.25, 0.3) is 22.5 Å². The number of benzene rings is 2. The minimum absolute atomic E-state index is 0.478. The Bertz CT molecular complexity index is 928. The lowest BCUT2D eigenvalue weighted by molar-refractivity contribution is -0.740. The molecule has 0 unspecified atom stereocenters. The summed E-state index contributed by atoms with van der Waals surface area (Å²) in [4.78, 5) is 0. The average Bonchev–Trinajstić information content (AvgIpc) is 3.00. The summed E-state index contributed by atoms with van der Waals surface area (Å²) in [5.74, 6) is 1.91. The summed E-state index contributed by atoms with van der Waals surface area (Å²) in [5.41, 5.74) is 11.1. The van der Waals surface area contributed by atoms with Gasteiger partial charge in [-0.3, -0.25) is 0 Å². The lowest BCUT2D eigenvalue weighted by Crippen LogP contribution is -2.39. The number of hydrogen-bond acceptors (Lipinski definition) is 0. The molecule has 0 radical (unpaired) electrons. The van der Waals surface area contributed by atoms with E-state index in [-0.39, 0.29) is 0 Å². The van der Waals surface area contributed by atoms with E-state index in [2.05, 4.69) is 121 Å². The fourth-order valence-electron chi connectivity index (χ4n) is 4.80. The van der Waals surface area contributed by atoms with Gasteiger partial charge in [-0.25, -0.2) is 0 Å². The largest absolute Gasteiger partial charge is 0.239 e. The first-order chi connectivity index (χ1) is 14.6. The highest BCUT2D eigenvalue weighted by Gasteiger charge is 2.28. The molecule has 0 amide bonds. The third kappa shape index (κ3) is 4.22. The van der Waals surface area contributed by atoms with Gasteiger partial charge >= 0.3 is 0 Å². The molecule has 0 aliphatic rings. The van der Waals surface area contributed by atoms with E-state index >= 15 is 0 Å². The molecule has 0 fully saturated rings. The van der Waals surface area contributed by atoms with Crippen LogP contribution in [0.4, 0.5) is 0 Å². The van der Waals surface area contributed by atoms with Crippen molar-refractivity contribution in [3.8, 4) is 22.5 Å². The first kappa shape index (κ1) is 23.3. The number of hydrogen-bond donors (Lipinski definition) is 0. The zero-order valence-electron chi connectivity index (χ0n) is 21.2. The molecule has 0 atom stereocenters. The molecule has 1 aromatic heterocycles. The van der Waals surface area contributed by atoms with Crippen molar-refractivity contribution in [1.82, 2.24) is 4.68 Å². The Balaban J connectivity index is 2.38. The van der Waals surface area contributed by atoms with Gasteiger partial charge in [0.2, 0.25) is 5.69 Å². The lowest BCUT2D eigenvalue weighted by atomic mass is 9.85. The average molecular weight is 418 g/mol. The first-order valence-corrected chi connectivity index (χ1v) is 11.9. The fourth-order valence-corrected chi connectivity index (χ4v) is 4.80. The minimum Gasteiger partial charge on any atom is -0.156 e. The summed E-state index contributed by atoms with van der Waals surface area (Å²) >= 11 is 0. The lowest BCUT2D eigenvalue weighted by Gasteiger charge is -2.18. The monoisotopic (exact) mass is 417 g/mol. The van der Waals surface area contributed by atoms with Gasteiger partial charge < -0.3 is 0 Å². The van der Waals surface area contributed by atoms with Gasteiger partial charge in [-0.05, 0) is 45.9 Å². The summed E-state index contributed by atoms with van der Waals surface area (Å²) in [6.07, 6.45) is 0. The number of rotatable bonds is 6. The highest BCUT2D eigenvalue weighted by atomic mass is 15.4. The molecule has 0 aliphatic carbocycles. The second-order valence-corrected chi connectivity index (χ2v) is 10.2. The molecule has 1 heterocycles. The molecule has 166 valence electrons. The summed E-state index contributed by atoms with van der Waals surface area (Å²) < 4.78 is 4.67. The van der Waals surface area contributed by atoms with Crippen LogP contribution in [0.5, 0.6) is 0 Å². The van der Waals surface area contributed by atoms with E-state index in [0.29, 0.717) is 23.7 Å². The Morgan fingerprint density at radius 2 is 0.968 bits per heavy atom. The van der Waals surface area contributed by atoms with Crippen molar-refractivity contribution in [2.24, 2.45) is 14.1 Å². The zero-order chi connectivity index (χ0) is 23.0. The van der Waals surface area contributed by atoms with E-state index in [1.807, 2.05) is 0 Å². The van der Waals surface area contributed by atoms with Crippen LogP contribution < -0.4 is 4.68 Å². The second kappa shape index (κ2) is 9.02. The van der Waals surface area contributed by atoms with Crippen LogP contribution >= 0.6 is 0 Å². The van der Waals surface area contributed by atoms with Crippen molar-refractivity contribution in [3.63, 3.8) is 0 Å². The first-order valence-electron chi connectivity index (χ1n) is 11.9. The van der Waals surface area contributed by atoms with Crippen LogP contribution in [-0.4, -0.2) is 4.68 Å². The van der Waals surface area contributed by atoms with E-state index in [1.54, 1.807) is 0 Å². The molecule has 2 heteroatoms. The van der Waals surface area contributed by atoms with Gasteiger partial charge in [0, 0.05) is 11.6 Å². The molecule has 31 heavy (non-hydrogen) atoms. The highest BCUT2D eigenvalue weighted by Crippen LogP contribution is 2.40. The standard InChI is InChI=1S/C29H41N2/c1-18(2)22-13-11-14-23(19(3)4)28(22)26-17-27(31(10)30(26)9)29-24(20(5)6)15-12-16-25(29)21(7)8/h11-21H,1-10H3/q+1. The Labute approximate surface area is 189 Å². The van der Waals surface area contributed by atoms with Crippen molar-refractivity contribution in [3.05, 3.63) is 64.7 Å².